The lowest BCUT2D eigenvalue weighted by atomic mass is 10.0. The number of hydrogen-bond acceptors (Lipinski definition) is 3. The van der Waals surface area contributed by atoms with Crippen molar-refractivity contribution in [1.29, 1.82) is 0 Å². The molecule has 0 aromatic heterocycles. The van der Waals surface area contributed by atoms with E-state index in [1.165, 1.54) is 18.4 Å². The van der Waals surface area contributed by atoms with Gasteiger partial charge in [-0.25, -0.2) is 0 Å². The first-order valence-electron chi connectivity index (χ1n) is 6.99. The second-order valence-corrected chi connectivity index (χ2v) is 5.94. The van der Waals surface area contributed by atoms with Crippen LogP contribution in [-0.4, -0.2) is 23.4 Å². The predicted molar refractivity (Wildman–Crippen MR) is 75.0 cm³/mol. The van der Waals surface area contributed by atoms with Crippen LogP contribution in [0, 0.1) is 0 Å². The molecule has 2 saturated carbocycles. The van der Waals surface area contributed by atoms with Crippen LogP contribution in [0.1, 0.15) is 47.5 Å². The Bertz CT molecular complexity index is 545. The number of carbonyl (C=O) groups excluding carboxylic acids is 2. The van der Waals surface area contributed by atoms with Crippen LogP contribution in [0.5, 0.6) is 0 Å². The molecule has 1 aromatic carbocycles. The molecule has 20 heavy (non-hydrogen) atoms. The van der Waals surface area contributed by atoms with Crippen molar-refractivity contribution < 1.29 is 9.59 Å². The van der Waals surface area contributed by atoms with Gasteiger partial charge < -0.3 is 16.8 Å². The highest BCUT2D eigenvalue weighted by molar-refractivity contribution is 5.98. The normalized spacial score (nSPS) is 21.1. The standard InChI is InChI=1S/C15H19N3O2/c16-13(19)12(15(17)7-8-15)18-14(20)11-5-3-10(4-6-11)9-1-2-9/h3-6,9,12H,1-2,7-8,17H2,(H2,16,19)(H,18,20). The van der Waals surface area contributed by atoms with Gasteiger partial charge in [0.2, 0.25) is 5.91 Å². The maximum atomic E-state index is 12.2. The van der Waals surface area contributed by atoms with Crippen molar-refractivity contribution in [1.82, 2.24) is 5.32 Å². The SMILES string of the molecule is NC(=O)C(NC(=O)c1ccc(C2CC2)cc1)C1(N)CC1. The Hall–Kier alpha value is -1.88. The Balaban J connectivity index is 1.69. The quantitative estimate of drug-likeness (QED) is 0.734. The van der Waals surface area contributed by atoms with Crippen LogP contribution >= 0.6 is 0 Å². The van der Waals surface area contributed by atoms with Crippen LogP contribution in [0.15, 0.2) is 24.3 Å². The smallest absolute Gasteiger partial charge is 0.251 e. The van der Waals surface area contributed by atoms with Gasteiger partial charge in [0, 0.05) is 11.1 Å². The summed E-state index contributed by atoms with van der Waals surface area (Å²) in [6.45, 7) is 0. The zero-order valence-corrected chi connectivity index (χ0v) is 11.3. The summed E-state index contributed by atoms with van der Waals surface area (Å²) in [6, 6.07) is 6.73. The highest BCUT2D eigenvalue weighted by Gasteiger charge is 2.49. The second-order valence-electron chi connectivity index (χ2n) is 5.94. The van der Waals surface area contributed by atoms with Gasteiger partial charge in [-0.3, -0.25) is 9.59 Å². The van der Waals surface area contributed by atoms with E-state index in [1.807, 2.05) is 12.1 Å². The fourth-order valence-corrected chi connectivity index (χ4v) is 2.47. The molecule has 1 unspecified atom stereocenters. The van der Waals surface area contributed by atoms with Gasteiger partial charge in [-0.1, -0.05) is 12.1 Å². The molecule has 0 radical (unpaired) electrons. The minimum Gasteiger partial charge on any atom is -0.368 e. The Morgan fingerprint density at radius 3 is 2.25 bits per heavy atom. The molecule has 5 heteroatoms. The maximum Gasteiger partial charge on any atom is 0.251 e. The molecule has 0 bridgehead atoms. The van der Waals surface area contributed by atoms with Gasteiger partial charge in [-0.2, -0.15) is 0 Å². The number of rotatable bonds is 5. The van der Waals surface area contributed by atoms with E-state index in [0.717, 1.165) is 0 Å². The largest absolute Gasteiger partial charge is 0.368 e. The molecule has 0 spiro atoms. The maximum absolute atomic E-state index is 12.2. The summed E-state index contributed by atoms with van der Waals surface area (Å²) in [5.74, 6) is -0.218. The van der Waals surface area contributed by atoms with E-state index in [1.54, 1.807) is 12.1 Å². The van der Waals surface area contributed by atoms with E-state index >= 15 is 0 Å². The zero-order chi connectivity index (χ0) is 14.3. The minimum absolute atomic E-state index is 0.298. The molecule has 1 aromatic rings. The highest BCUT2D eigenvalue weighted by atomic mass is 16.2. The molecule has 3 rings (SSSR count). The molecule has 0 saturated heterocycles. The van der Waals surface area contributed by atoms with Crippen LogP contribution in [0.3, 0.4) is 0 Å². The van der Waals surface area contributed by atoms with Crippen molar-refractivity contribution >= 4 is 11.8 Å². The molecule has 2 aliphatic rings. The first-order valence-corrected chi connectivity index (χ1v) is 6.99. The number of hydrogen-bond donors (Lipinski definition) is 3. The summed E-state index contributed by atoms with van der Waals surface area (Å²) in [6.07, 6.45) is 3.87. The molecule has 0 heterocycles. The van der Waals surface area contributed by atoms with E-state index < -0.39 is 17.5 Å². The van der Waals surface area contributed by atoms with Gasteiger partial charge in [0.25, 0.3) is 5.91 Å². The van der Waals surface area contributed by atoms with Crippen LogP contribution in [0.4, 0.5) is 0 Å². The molecule has 2 aliphatic carbocycles. The number of amides is 2. The van der Waals surface area contributed by atoms with E-state index in [0.29, 0.717) is 24.3 Å². The molecule has 5 nitrogen and oxygen atoms in total. The fourth-order valence-electron chi connectivity index (χ4n) is 2.47. The molecule has 2 amide bonds. The van der Waals surface area contributed by atoms with Crippen molar-refractivity contribution in [2.75, 3.05) is 0 Å². The first-order chi connectivity index (χ1) is 9.49. The van der Waals surface area contributed by atoms with Crippen LogP contribution in [0.25, 0.3) is 0 Å². The number of primary amides is 1. The van der Waals surface area contributed by atoms with E-state index in [-0.39, 0.29) is 5.91 Å². The number of benzene rings is 1. The summed E-state index contributed by atoms with van der Waals surface area (Å²) in [5.41, 5.74) is 12.4. The first kappa shape index (κ1) is 13.1. The topological polar surface area (TPSA) is 98.2 Å². The Morgan fingerprint density at radius 1 is 1.20 bits per heavy atom. The van der Waals surface area contributed by atoms with Crippen molar-refractivity contribution in [3.8, 4) is 0 Å². The van der Waals surface area contributed by atoms with Crippen LogP contribution < -0.4 is 16.8 Å². The summed E-state index contributed by atoms with van der Waals surface area (Å²) >= 11 is 0. The van der Waals surface area contributed by atoms with Gasteiger partial charge in [-0.15, -0.1) is 0 Å². The zero-order valence-electron chi connectivity index (χ0n) is 11.3. The number of nitrogens with two attached hydrogens (primary N) is 2. The van der Waals surface area contributed by atoms with Gasteiger partial charge >= 0.3 is 0 Å². The number of nitrogens with one attached hydrogen (secondary N) is 1. The average molecular weight is 273 g/mol. The Labute approximate surface area is 117 Å². The molecular formula is C15H19N3O2. The molecular weight excluding hydrogens is 254 g/mol. The lowest BCUT2D eigenvalue weighted by Gasteiger charge is -2.21. The fraction of sp³-hybridized carbons (Fsp3) is 0.467. The lowest BCUT2D eigenvalue weighted by Crippen LogP contribution is -2.56. The Morgan fingerprint density at radius 2 is 1.80 bits per heavy atom. The molecule has 2 fully saturated rings. The van der Waals surface area contributed by atoms with Crippen molar-refractivity contribution in [2.45, 2.75) is 43.2 Å². The summed E-state index contributed by atoms with van der Waals surface area (Å²) < 4.78 is 0. The monoisotopic (exact) mass is 273 g/mol. The highest BCUT2D eigenvalue weighted by Crippen LogP contribution is 2.40. The molecule has 0 aliphatic heterocycles. The van der Waals surface area contributed by atoms with Crippen molar-refractivity contribution in [3.05, 3.63) is 35.4 Å². The van der Waals surface area contributed by atoms with Crippen LogP contribution in [-0.2, 0) is 4.79 Å². The van der Waals surface area contributed by atoms with Crippen LogP contribution in [0.2, 0.25) is 0 Å². The second kappa shape index (κ2) is 4.59. The predicted octanol–water partition coefficient (Wildman–Crippen LogP) is 0.639. The third kappa shape index (κ3) is 2.54. The third-order valence-corrected chi connectivity index (χ3v) is 4.18. The van der Waals surface area contributed by atoms with Gasteiger partial charge in [0.1, 0.15) is 6.04 Å². The summed E-state index contributed by atoms with van der Waals surface area (Å²) in [5, 5.41) is 2.66. The summed E-state index contributed by atoms with van der Waals surface area (Å²) in [7, 11) is 0. The average Bonchev–Trinajstić information content (AvgIpc) is 3.31. The third-order valence-electron chi connectivity index (χ3n) is 4.18. The molecule has 106 valence electrons. The Kier molecular flexibility index (Phi) is 3.01. The van der Waals surface area contributed by atoms with Gasteiger partial charge in [0.15, 0.2) is 0 Å². The van der Waals surface area contributed by atoms with E-state index in [4.69, 9.17) is 11.5 Å². The van der Waals surface area contributed by atoms with E-state index in [2.05, 4.69) is 5.32 Å². The molecule has 1 atom stereocenters. The minimum atomic E-state index is -0.793. The van der Waals surface area contributed by atoms with E-state index in [9.17, 15) is 9.59 Å². The number of carbonyl (C=O) groups is 2. The van der Waals surface area contributed by atoms with Gasteiger partial charge in [-0.05, 0) is 49.3 Å². The van der Waals surface area contributed by atoms with Gasteiger partial charge in [0.05, 0.1) is 0 Å². The van der Waals surface area contributed by atoms with Crippen molar-refractivity contribution in [2.24, 2.45) is 11.5 Å². The molecule has 5 N–H and O–H groups in total. The van der Waals surface area contributed by atoms with Crippen molar-refractivity contribution in [3.63, 3.8) is 0 Å². The summed E-state index contributed by atoms with van der Waals surface area (Å²) in [4.78, 5) is 23.6. The lowest BCUT2D eigenvalue weighted by molar-refractivity contribution is -0.120.